The van der Waals surface area contributed by atoms with Crippen molar-refractivity contribution in [3.05, 3.63) is 55.6 Å². The molecule has 0 fully saturated rings. The zero-order chi connectivity index (χ0) is 18.6. The summed E-state index contributed by atoms with van der Waals surface area (Å²) in [5, 5.41) is 0.327. The number of rotatable bonds is 5. The Kier molecular flexibility index (Phi) is 6.83. The molecule has 4 nitrogen and oxygen atoms in total. The van der Waals surface area contributed by atoms with E-state index in [1.165, 1.54) is 19.2 Å². The number of carbonyl (C=O) groups is 1. The van der Waals surface area contributed by atoms with Gasteiger partial charge in [0.15, 0.2) is 0 Å². The molecule has 0 saturated carbocycles. The topological polar surface area (TPSA) is 44.8 Å². The van der Waals surface area contributed by atoms with Crippen LogP contribution in [0.2, 0.25) is 5.02 Å². The standard InChI is InChI=1S/C17H14ClF2IO4/c1-9-6-10(16(19)20)15(7-12(9)18)24-8-11-13(21)4-3-5-14(11)25-17(22)23-2/h3-7,16H,8H2,1-2H3. The molecule has 8 heteroatoms. The molecule has 25 heavy (non-hydrogen) atoms. The number of alkyl halides is 2. The second-order valence-electron chi connectivity index (χ2n) is 5.00. The summed E-state index contributed by atoms with van der Waals surface area (Å²) < 4.78 is 42.3. The molecule has 134 valence electrons. The Morgan fingerprint density at radius 1 is 1.28 bits per heavy atom. The van der Waals surface area contributed by atoms with E-state index in [2.05, 4.69) is 4.74 Å². The number of halogens is 4. The monoisotopic (exact) mass is 482 g/mol. The number of hydrogen-bond acceptors (Lipinski definition) is 4. The van der Waals surface area contributed by atoms with Gasteiger partial charge in [0.1, 0.15) is 18.1 Å². The molecule has 0 atom stereocenters. The SMILES string of the molecule is COC(=O)Oc1cccc(I)c1COc1cc(Cl)c(C)cc1C(F)F. The van der Waals surface area contributed by atoms with Gasteiger partial charge < -0.3 is 14.2 Å². The predicted molar refractivity (Wildman–Crippen MR) is 97.7 cm³/mol. The van der Waals surface area contributed by atoms with Gasteiger partial charge in [-0.05, 0) is 59.3 Å². The quantitative estimate of drug-likeness (QED) is 0.302. The Balaban J connectivity index is 2.30. The highest BCUT2D eigenvalue weighted by Crippen LogP contribution is 2.35. The molecule has 2 aromatic rings. The molecule has 0 aromatic heterocycles. The molecule has 0 heterocycles. The van der Waals surface area contributed by atoms with Gasteiger partial charge in [-0.25, -0.2) is 13.6 Å². The molecule has 0 unspecified atom stereocenters. The first-order chi connectivity index (χ1) is 11.8. The van der Waals surface area contributed by atoms with Crippen molar-refractivity contribution in [3.8, 4) is 11.5 Å². The van der Waals surface area contributed by atoms with Gasteiger partial charge in [-0.3, -0.25) is 0 Å². The van der Waals surface area contributed by atoms with Crippen LogP contribution in [0.25, 0.3) is 0 Å². The van der Waals surface area contributed by atoms with Gasteiger partial charge >= 0.3 is 6.16 Å². The van der Waals surface area contributed by atoms with E-state index < -0.39 is 12.6 Å². The third-order valence-electron chi connectivity index (χ3n) is 3.33. The third kappa shape index (κ3) is 4.94. The summed E-state index contributed by atoms with van der Waals surface area (Å²) in [5.41, 5.74) is 0.821. The van der Waals surface area contributed by atoms with Crippen molar-refractivity contribution in [2.75, 3.05) is 7.11 Å². The van der Waals surface area contributed by atoms with Crippen LogP contribution >= 0.6 is 34.2 Å². The van der Waals surface area contributed by atoms with E-state index in [1.807, 2.05) is 22.6 Å². The lowest BCUT2D eigenvalue weighted by Crippen LogP contribution is -2.11. The maximum absolute atomic E-state index is 13.2. The Bertz CT molecular complexity index is 783. The molecular weight excluding hydrogens is 469 g/mol. The van der Waals surface area contributed by atoms with Gasteiger partial charge in [-0.2, -0.15) is 0 Å². The lowest BCUT2D eigenvalue weighted by molar-refractivity contribution is 0.120. The molecular formula is C17H14ClF2IO4. The Hall–Kier alpha value is -1.61. The van der Waals surface area contributed by atoms with Crippen LogP contribution < -0.4 is 9.47 Å². The number of methoxy groups -OCH3 is 1. The first kappa shape index (κ1) is 19.7. The molecule has 0 radical (unpaired) electrons. The minimum absolute atomic E-state index is 0.0192. The zero-order valence-electron chi connectivity index (χ0n) is 13.3. The van der Waals surface area contributed by atoms with Crippen molar-refractivity contribution in [1.82, 2.24) is 0 Å². The fourth-order valence-corrected chi connectivity index (χ4v) is 2.82. The predicted octanol–water partition coefficient (Wildman–Crippen LogP) is 5.91. The molecule has 0 amide bonds. The van der Waals surface area contributed by atoms with Crippen LogP contribution in [-0.2, 0) is 11.3 Å². The van der Waals surface area contributed by atoms with Crippen molar-refractivity contribution in [1.29, 1.82) is 0 Å². The fourth-order valence-electron chi connectivity index (χ4n) is 2.04. The normalized spacial score (nSPS) is 10.7. The van der Waals surface area contributed by atoms with Crippen molar-refractivity contribution < 1.29 is 27.8 Å². The van der Waals surface area contributed by atoms with Crippen molar-refractivity contribution >= 4 is 40.3 Å². The number of carbonyl (C=O) groups excluding carboxylic acids is 1. The maximum Gasteiger partial charge on any atom is 0.513 e. The maximum atomic E-state index is 13.2. The average molecular weight is 483 g/mol. The van der Waals surface area contributed by atoms with Gasteiger partial charge in [0, 0.05) is 14.2 Å². The first-order valence-electron chi connectivity index (χ1n) is 7.07. The van der Waals surface area contributed by atoms with Crippen molar-refractivity contribution in [2.24, 2.45) is 0 Å². The van der Waals surface area contributed by atoms with Crippen LogP contribution in [-0.4, -0.2) is 13.3 Å². The van der Waals surface area contributed by atoms with Crippen LogP contribution in [0.5, 0.6) is 11.5 Å². The first-order valence-corrected chi connectivity index (χ1v) is 8.53. The summed E-state index contributed by atoms with van der Waals surface area (Å²) in [4.78, 5) is 11.3. The second-order valence-corrected chi connectivity index (χ2v) is 6.57. The fraction of sp³-hybridized carbons (Fsp3) is 0.235. The van der Waals surface area contributed by atoms with E-state index >= 15 is 0 Å². The van der Waals surface area contributed by atoms with Crippen LogP contribution in [0.1, 0.15) is 23.1 Å². The molecule has 0 aliphatic rings. The molecule has 0 aliphatic carbocycles. The van der Waals surface area contributed by atoms with Crippen LogP contribution in [0.3, 0.4) is 0 Å². The summed E-state index contributed by atoms with van der Waals surface area (Å²) in [7, 11) is 1.19. The van der Waals surface area contributed by atoms with Crippen molar-refractivity contribution in [2.45, 2.75) is 20.0 Å². The summed E-state index contributed by atoms with van der Waals surface area (Å²) in [5.74, 6) is 0.213. The van der Waals surface area contributed by atoms with Gasteiger partial charge in [0.2, 0.25) is 0 Å². The molecule has 0 spiro atoms. The number of aryl methyl sites for hydroxylation is 1. The molecule has 0 N–H and O–H groups in total. The van der Waals surface area contributed by atoms with E-state index in [4.69, 9.17) is 21.1 Å². The lowest BCUT2D eigenvalue weighted by Gasteiger charge is -2.15. The summed E-state index contributed by atoms with van der Waals surface area (Å²) in [6.45, 7) is 1.56. The van der Waals surface area contributed by atoms with Gasteiger partial charge in [-0.1, -0.05) is 17.7 Å². The van der Waals surface area contributed by atoms with Gasteiger partial charge in [-0.15, -0.1) is 0 Å². The van der Waals surface area contributed by atoms with Crippen molar-refractivity contribution in [3.63, 3.8) is 0 Å². The minimum Gasteiger partial charge on any atom is -0.488 e. The average Bonchev–Trinajstić information content (AvgIpc) is 2.56. The smallest absolute Gasteiger partial charge is 0.488 e. The highest BCUT2D eigenvalue weighted by Gasteiger charge is 2.18. The molecule has 0 saturated heterocycles. The largest absolute Gasteiger partial charge is 0.513 e. The summed E-state index contributed by atoms with van der Waals surface area (Å²) >= 11 is 8.05. The van der Waals surface area contributed by atoms with Crippen LogP contribution in [0.15, 0.2) is 30.3 Å². The highest BCUT2D eigenvalue weighted by atomic mass is 127. The van der Waals surface area contributed by atoms with E-state index in [9.17, 15) is 13.6 Å². The summed E-state index contributed by atoms with van der Waals surface area (Å²) in [6, 6.07) is 7.68. The Morgan fingerprint density at radius 3 is 2.64 bits per heavy atom. The van der Waals surface area contributed by atoms with Crippen LogP contribution in [0.4, 0.5) is 13.6 Å². The summed E-state index contributed by atoms with van der Waals surface area (Å²) in [6.07, 6.45) is -3.58. The van der Waals surface area contributed by atoms with Gasteiger partial charge in [0.25, 0.3) is 6.43 Å². The Labute approximate surface area is 162 Å². The lowest BCUT2D eigenvalue weighted by atomic mass is 10.1. The number of benzene rings is 2. The van der Waals surface area contributed by atoms with E-state index in [-0.39, 0.29) is 23.7 Å². The Morgan fingerprint density at radius 2 is 2.00 bits per heavy atom. The number of ether oxygens (including phenoxy) is 3. The molecule has 0 aliphatic heterocycles. The molecule has 2 aromatic carbocycles. The second kappa shape index (κ2) is 8.66. The molecule has 0 bridgehead atoms. The molecule has 2 rings (SSSR count). The third-order valence-corrected chi connectivity index (χ3v) is 4.75. The van der Waals surface area contributed by atoms with E-state index in [0.717, 1.165) is 3.57 Å². The highest BCUT2D eigenvalue weighted by molar-refractivity contribution is 14.1. The van der Waals surface area contributed by atoms with E-state index in [0.29, 0.717) is 16.1 Å². The number of hydrogen-bond donors (Lipinski definition) is 0. The van der Waals surface area contributed by atoms with Crippen LogP contribution in [0, 0.1) is 10.5 Å². The van der Waals surface area contributed by atoms with E-state index in [1.54, 1.807) is 25.1 Å². The zero-order valence-corrected chi connectivity index (χ0v) is 16.2. The van der Waals surface area contributed by atoms with Gasteiger partial charge in [0.05, 0.1) is 12.7 Å². The minimum atomic E-state index is -2.70.